The van der Waals surface area contributed by atoms with Crippen LogP contribution in [0.25, 0.3) is 5.52 Å². The van der Waals surface area contributed by atoms with Crippen LogP contribution in [-0.2, 0) is 31.6 Å². The lowest BCUT2D eigenvalue weighted by Crippen LogP contribution is -2.37. The lowest BCUT2D eigenvalue weighted by Gasteiger charge is -2.37. The minimum Gasteiger partial charge on any atom is -0.790 e. The van der Waals surface area contributed by atoms with Crippen LogP contribution in [0.2, 0.25) is 0 Å². The summed E-state index contributed by atoms with van der Waals surface area (Å²) in [5.74, 6) is 0.114. The molecular weight excluding hydrogens is 511 g/mol. The Balaban J connectivity index is 1.79. The standard InChI is InChI=1S/C13H18N5O12P3/c1-13(5-14)10(19)9(4-27-32(23,24)30-33(25,26)29-31(20,21)22)28-11(13)7-2-3-8-12(15)16-6-17-18(7)8/h2-3,6,9-11,19H,4H2,1H3,(H,23,24)(H,25,26)(H2,15,16,17)(H2,20,21,22)/p-4/t9-,10-,11+,13-/m1/s1. The van der Waals surface area contributed by atoms with Crippen LogP contribution in [0.5, 0.6) is 0 Å². The van der Waals surface area contributed by atoms with Crippen LogP contribution in [-0.4, -0.2) is 38.5 Å². The zero-order valence-electron chi connectivity index (χ0n) is 16.3. The monoisotopic (exact) mass is 525 g/mol. The lowest BCUT2D eigenvalue weighted by molar-refractivity contribution is -0.339. The van der Waals surface area contributed by atoms with Crippen LogP contribution in [0.3, 0.4) is 0 Å². The Morgan fingerprint density at radius 3 is 2.55 bits per heavy atom. The quantitative estimate of drug-likeness (QED) is 0.336. The third-order valence-corrected chi connectivity index (χ3v) is 8.30. The highest BCUT2D eigenvalue weighted by atomic mass is 31.3. The van der Waals surface area contributed by atoms with E-state index in [1.165, 1.54) is 23.6 Å². The Kier molecular flexibility index (Phi) is 6.89. The van der Waals surface area contributed by atoms with Crippen LogP contribution >= 0.6 is 23.5 Å². The summed E-state index contributed by atoms with van der Waals surface area (Å²) < 4.78 is 51.1. The molecule has 1 fully saturated rings. The number of rotatable bonds is 8. The number of hydrogen-bond acceptors (Lipinski definition) is 16. The molecule has 3 N–H and O–H groups in total. The van der Waals surface area contributed by atoms with Crippen molar-refractivity contribution in [2.24, 2.45) is 5.41 Å². The summed E-state index contributed by atoms with van der Waals surface area (Å²) >= 11 is 0. The summed E-state index contributed by atoms with van der Waals surface area (Å²) in [7, 11) is -18.1. The molecule has 2 aromatic heterocycles. The van der Waals surface area contributed by atoms with E-state index in [9.17, 15) is 43.6 Å². The van der Waals surface area contributed by atoms with Crippen molar-refractivity contribution in [2.45, 2.75) is 25.2 Å². The number of nitrogens with zero attached hydrogens (tertiary/aromatic N) is 4. The van der Waals surface area contributed by atoms with Gasteiger partial charge in [0.15, 0.2) is 5.82 Å². The number of ether oxygens (including phenoxy) is 1. The van der Waals surface area contributed by atoms with Gasteiger partial charge in [0.25, 0.3) is 15.6 Å². The minimum atomic E-state index is -6.15. The molecule has 33 heavy (non-hydrogen) atoms. The van der Waals surface area contributed by atoms with Crippen LogP contribution in [0.4, 0.5) is 5.82 Å². The van der Waals surface area contributed by atoms with E-state index in [0.29, 0.717) is 5.52 Å². The highest BCUT2D eigenvalue weighted by Gasteiger charge is 2.55. The van der Waals surface area contributed by atoms with Gasteiger partial charge in [-0.1, -0.05) is 0 Å². The first kappa shape index (κ1) is 25.9. The van der Waals surface area contributed by atoms with Gasteiger partial charge in [0.2, 0.25) is 0 Å². The molecule has 2 aromatic rings. The summed E-state index contributed by atoms with van der Waals surface area (Å²) in [6.45, 7) is 0.266. The molecule has 0 spiro atoms. The summed E-state index contributed by atoms with van der Waals surface area (Å²) in [4.78, 5) is 47.6. The van der Waals surface area contributed by atoms with Gasteiger partial charge < -0.3 is 44.2 Å². The Labute approximate surface area is 184 Å². The van der Waals surface area contributed by atoms with E-state index in [0.717, 1.165) is 6.33 Å². The molecule has 0 saturated carbocycles. The van der Waals surface area contributed by atoms with Crippen molar-refractivity contribution in [3.05, 3.63) is 24.2 Å². The van der Waals surface area contributed by atoms with Gasteiger partial charge >= 0.3 is 0 Å². The van der Waals surface area contributed by atoms with Gasteiger partial charge in [-0.05, 0) is 19.1 Å². The summed E-state index contributed by atoms with van der Waals surface area (Å²) in [5, 5.41) is 24.3. The van der Waals surface area contributed by atoms with Gasteiger partial charge in [-0.25, -0.2) is 13.8 Å². The number of aliphatic hydroxyl groups excluding tert-OH is 1. The molecule has 0 radical (unpaired) electrons. The smallest absolute Gasteiger partial charge is 0.278 e. The molecule has 0 amide bonds. The van der Waals surface area contributed by atoms with Gasteiger partial charge in [-0.3, -0.25) is 13.4 Å². The molecule has 1 aliphatic heterocycles. The van der Waals surface area contributed by atoms with Crippen molar-refractivity contribution in [3.8, 4) is 6.07 Å². The van der Waals surface area contributed by atoms with Crippen LogP contribution in [0, 0.1) is 16.7 Å². The molecule has 182 valence electrons. The third-order valence-electron chi connectivity index (χ3n) is 4.64. The average molecular weight is 525 g/mol. The Hall–Kier alpha value is -1.76. The number of aromatic nitrogens is 3. The van der Waals surface area contributed by atoms with Crippen molar-refractivity contribution in [2.75, 3.05) is 12.3 Å². The fraction of sp³-hybridized carbons (Fsp3) is 0.462. The normalized spacial score (nSPS) is 29.4. The van der Waals surface area contributed by atoms with Crippen molar-refractivity contribution < 1.29 is 56.3 Å². The molecule has 1 saturated heterocycles. The first-order chi connectivity index (χ1) is 15.1. The second kappa shape index (κ2) is 8.79. The Bertz CT molecular complexity index is 1240. The second-order valence-corrected chi connectivity index (χ2v) is 11.1. The van der Waals surface area contributed by atoms with E-state index in [-0.39, 0.29) is 11.5 Å². The van der Waals surface area contributed by atoms with E-state index in [1.54, 1.807) is 0 Å². The predicted octanol–water partition coefficient (Wildman–Crippen LogP) is -2.54. The van der Waals surface area contributed by atoms with E-state index >= 15 is 0 Å². The number of phosphoric acid groups is 3. The molecule has 3 heterocycles. The van der Waals surface area contributed by atoms with E-state index in [4.69, 9.17) is 10.5 Å². The van der Waals surface area contributed by atoms with Crippen LogP contribution in [0.1, 0.15) is 18.7 Å². The highest BCUT2D eigenvalue weighted by molar-refractivity contribution is 7.64. The maximum absolute atomic E-state index is 11.7. The predicted molar refractivity (Wildman–Crippen MR) is 95.7 cm³/mol. The fourth-order valence-electron chi connectivity index (χ4n) is 3.18. The number of hydrogen-bond donors (Lipinski definition) is 2. The van der Waals surface area contributed by atoms with Crippen LogP contribution in [0.15, 0.2) is 18.5 Å². The summed E-state index contributed by atoms with van der Waals surface area (Å²) in [5.41, 5.74) is 4.72. The van der Waals surface area contributed by atoms with Gasteiger partial charge in [0, 0.05) is 0 Å². The van der Waals surface area contributed by atoms with Crippen molar-refractivity contribution in [1.82, 2.24) is 14.6 Å². The maximum atomic E-state index is 11.7. The molecule has 0 bridgehead atoms. The molecular formula is C13H14N5O12P3-4. The molecule has 2 unspecified atom stereocenters. The number of nitrogen functional groups attached to an aromatic ring is 1. The first-order valence-electron chi connectivity index (χ1n) is 8.63. The topological polar surface area (TPSA) is 281 Å². The average Bonchev–Trinajstić information content (AvgIpc) is 3.18. The summed E-state index contributed by atoms with van der Waals surface area (Å²) in [6.07, 6.45) is -3.21. The fourth-order valence-corrected chi connectivity index (χ4v) is 6.05. The molecule has 0 aliphatic carbocycles. The number of aliphatic hydroxyl groups is 1. The molecule has 3 rings (SSSR count). The largest absolute Gasteiger partial charge is 0.790 e. The molecule has 1 aliphatic rings. The van der Waals surface area contributed by atoms with E-state index in [2.05, 4.69) is 23.2 Å². The number of nitriles is 1. The SMILES string of the molecule is C[C@@]1(C#N)[C@H](O)[C@@H](COP(=O)([O-])OP(=O)([O-])OP(=O)([O-])[O-])O[C@H]1c1ccc2c(N)ncnn12. The number of anilines is 1. The number of fused-ring (bicyclic) bond motifs is 1. The van der Waals surface area contributed by atoms with Gasteiger partial charge in [-0.2, -0.15) is 10.4 Å². The summed E-state index contributed by atoms with van der Waals surface area (Å²) in [6, 6.07) is 4.91. The van der Waals surface area contributed by atoms with Crippen molar-refractivity contribution >= 4 is 34.8 Å². The zero-order chi connectivity index (χ0) is 24.8. The first-order valence-corrected chi connectivity index (χ1v) is 13.0. The molecule has 0 aromatic carbocycles. The third kappa shape index (κ3) is 5.50. The Morgan fingerprint density at radius 2 is 1.94 bits per heavy atom. The highest BCUT2D eigenvalue weighted by Crippen LogP contribution is 2.60. The number of nitrogens with two attached hydrogens (primary N) is 1. The van der Waals surface area contributed by atoms with Crippen molar-refractivity contribution in [1.29, 1.82) is 5.26 Å². The van der Waals surface area contributed by atoms with E-state index < -0.39 is 53.8 Å². The molecule has 6 atom stereocenters. The molecule has 17 nitrogen and oxygen atoms in total. The zero-order valence-corrected chi connectivity index (χ0v) is 19.0. The van der Waals surface area contributed by atoms with Gasteiger partial charge in [0.1, 0.15) is 35.6 Å². The maximum Gasteiger partial charge on any atom is 0.278 e. The lowest BCUT2D eigenvalue weighted by atomic mass is 9.79. The second-order valence-electron chi connectivity index (χ2n) is 6.90. The van der Waals surface area contributed by atoms with Gasteiger partial charge in [-0.15, -0.1) is 0 Å². The number of phosphoric ester groups is 1. The molecule has 20 heteroatoms. The van der Waals surface area contributed by atoms with Crippen LogP contribution < -0.4 is 25.3 Å². The van der Waals surface area contributed by atoms with Crippen molar-refractivity contribution in [3.63, 3.8) is 0 Å². The Morgan fingerprint density at radius 1 is 1.27 bits per heavy atom. The van der Waals surface area contributed by atoms with Gasteiger partial charge in [0.05, 0.1) is 26.2 Å². The minimum absolute atomic E-state index is 0.114. The van der Waals surface area contributed by atoms with E-state index in [1.807, 2.05) is 6.07 Å².